The van der Waals surface area contributed by atoms with Crippen molar-refractivity contribution in [2.24, 2.45) is 0 Å². The number of rotatable bonds is 4. The Morgan fingerprint density at radius 1 is 1.69 bits per heavy atom. The molecule has 0 aliphatic carbocycles. The zero-order valence-corrected chi connectivity index (χ0v) is 9.83. The minimum Gasteiger partial charge on any atom is -0.475 e. The molecule has 0 spiro atoms. The minimum absolute atomic E-state index is 0.0547. The minimum atomic E-state index is -1.00. The van der Waals surface area contributed by atoms with Gasteiger partial charge < -0.3 is 14.3 Å². The number of hydrogen-bond acceptors (Lipinski definition) is 4. The van der Waals surface area contributed by atoms with E-state index in [0.29, 0.717) is 11.0 Å². The van der Waals surface area contributed by atoms with Gasteiger partial charge in [0, 0.05) is 23.2 Å². The highest BCUT2D eigenvalue weighted by Crippen LogP contribution is 2.30. The van der Waals surface area contributed by atoms with Crippen molar-refractivity contribution in [3.63, 3.8) is 0 Å². The van der Waals surface area contributed by atoms with Crippen LogP contribution in [-0.4, -0.2) is 29.0 Å². The van der Waals surface area contributed by atoms with E-state index in [9.17, 15) is 4.79 Å². The number of ether oxygens (including phenoxy) is 1. The summed E-state index contributed by atoms with van der Waals surface area (Å²) >= 11 is 1.73. The van der Waals surface area contributed by atoms with Crippen LogP contribution in [0.25, 0.3) is 0 Å². The second kappa shape index (κ2) is 4.93. The van der Waals surface area contributed by atoms with Gasteiger partial charge in [0.05, 0.1) is 12.4 Å². The highest BCUT2D eigenvalue weighted by molar-refractivity contribution is 7.99. The third-order valence-electron chi connectivity index (χ3n) is 2.70. The fourth-order valence-electron chi connectivity index (χ4n) is 1.76. The Labute approximate surface area is 98.0 Å². The summed E-state index contributed by atoms with van der Waals surface area (Å²) < 4.78 is 10.4. The Morgan fingerprint density at radius 2 is 2.50 bits per heavy atom. The number of carbonyl (C=O) groups is 1. The maximum absolute atomic E-state index is 10.8. The molecular weight excluding hydrogens is 228 g/mol. The highest BCUT2D eigenvalue weighted by Gasteiger charge is 2.25. The van der Waals surface area contributed by atoms with Gasteiger partial charge in [0.2, 0.25) is 5.76 Å². The summed E-state index contributed by atoms with van der Waals surface area (Å²) in [6.45, 7) is 2.86. The van der Waals surface area contributed by atoms with Crippen molar-refractivity contribution >= 4 is 17.7 Å². The first-order chi connectivity index (χ1) is 7.68. The second-order valence-corrected chi connectivity index (χ2v) is 5.02. The van der Waals surface area contributed by atoms with E-state index in [4.69, 9.17) is 14.3 Å². The van der Waals surface area contributed by atoms with Crippen LogP contribution in [0.3, 0.4) is 0 Å². The van der Waals surface area contributed by atoms with Gasteiger partial charge in [-0.05, 0) is 19.4 Å². The lowest BCUT2D eigenvalue weighted by atomic mass is 10.2. The molecule has 0 radical (unpaired) electrons. The lowest BCUT2D eigenvalue weighted by Crippen LogP contribution is -2.13. The van der Waals surface area contributed by atoms with Crippen molar-refractivity contribution in [3.8, 4) is 0 Å². The molecular formula is C11H14O4S. The largest absolute Gasteiger partial charge is 0.475 e. The van der Waals surface area contributed by atoms with E-state index in [0.717, 1.165) is 18.6 Å². The zero-order valence-electron chi connectivity index (χ0n) is 9.01. The van der Waals surface area contributed by atoms with Crippen LogP contribution in [0.1, 0.15) is 29.5 Å². The van der Waals surface area contributed by atoms with E-state index in [1.807, 2.05) is 0 Å². The molecule has 2 heterocycles. The fraction of sp³-hybridized carbons (Fsp3) is 0.545. The topological polar surface area (TPSA) is 59.7 Å². The van der Waals surface area contributed by atoms with Crippen LogP contribution in [0, 0.1) is 0 Å². The SMILES string of the molecule is CC1OCCC1SCc1ccoc1C(=O)O. The number of furan rings is 1. The summed E-state index contributed by atoms with van der Waals surface area (Å²) in [5.41, 5.74) is 0.747. The Hall–Kier alpha value is -0.940. The molecule has 1 aliphatic rings. The average molecular weight is 242 g/mol. The maximum atomic E-state index is 10.8. The van der Waals surface area contributed by atoms with E-state index in [1.54, 1.807) is 17.8 Å². The standard InChI is InChI=1S/C11H14O4S/c1-7-9(3-5-14-7)16-6-8-2-4-15-10(8)11(12)13/h2,4,7,9H,3,5-6H2,1H3,(H,12,13). The van der Waals surface area contributed by atoms with Crippen molar-refractivity contribution in [2.75, 3.05) is 6.61 Å². The molecule has 1 aromatic heterocycles. The van der Waals surface area contributed by atoms with Gasteiger partial charge in [-0.2, -0.15) is 11.8 Å². The molecule has 0 saturated carbocycles. The van der Waals surface area contributed by atoms with Gasteiger partial charge in [-0.1, -0.05) is 0 Å². The normalized spacial score (nSPS) is 24.8. The smallest absolute Gasteiger partial charge is 0.372 e. The van der Waals surface area contributed by atoms with Gasteiger partial charge in [0.1, 0.15) is 0 Å². The average Bonchev–Trinajstić information content (AvgIpc) is 2.83. The summed E-state index contributed by atoms with van der Waals surface area (Å²) in [7, 11) is 0. The molecule has 5 heteroatoms. The van der Waals surface area contributed by atoms with Crippen molar-refractivity contribution in [3.05, 3.63) is 23.7 Å². The predicted octanol–water partition coefficient (Wildman–Crippen LogP) is 2.39. The number of carboxylic acids is 1. The van der Waals surface area contributed by atoms with E-state index in [2.05, 4.69) is 6.92 Å². The molecule has 1 fully saturated rings. The van der Waals surface area contributed by atoms with Gasteiger partial charge in [0.25, 0.3) is 0 Å². The lowest BCUT2D eigenvalue weighted by molar-refractivity contribution is 0.0661. The number of aromatic carboxylic acids is 1. The molecule has 1 N–H and O–H groups in total. The van der Waals surface area contributed by atoms with E-state index in [-0.39, 0.29) is 11.9 Å². The van der Waals surface area contributed by atoms with Crippen LogP contribution < -0.4 is 0 Å². The van der Waals surface area contributed by atoms with Crippen LogP contribution in [0.5, 0.6) is 0 Å². The molecule has 88 valence electrons. The Bertz CT molecular complexity index is 374. The molecule has 1 aliphatic heterocycles. The molecule has 2 unspecified atom stereocenters. The molecule has 0 bridgehead atoms. The zero-order chi connectivity index (χ0) is 11.5. The lowest BCUT2D eigenvalue weighted by Gasteiger charge is -2.12. The maximum Gasteiger partial charge on any atom is 0.372 e. The van der Waals surface area contributed by atoms with Crippen LogP contribution in [0.15, 0.2) is 16.7 Å². The summed E-state index contributed by atoms with van der Waals surface area (Å²) in [5, 5.41) is 9.33. The molecule has 1 saturated heterocycles. The summed E-state index contributed by atoms with van der Waals surface area (Å²) in [5.74, 6) is -0.286. The molecule has 16 heavy (non-hydrogen) atoms. The molecule has 0 amide bonds. The van der Waals surface area contributed by atoms with Crippen molar-refractivity contribution in [2.45, 2.75) is 30.5 Å². The Kier molecular flexibility index (Phi) is 3.56. The molecule has 0 aromatic carbocycles. The van der Waals surface area contributed by atoms with Gasteiger partial charge in [0.15, 0.2) is 0 Å². The Morgan fingerprint density at radius 3 is 3.12 bits per heavy atom. The van der Waals surface area contributed by atoms with E-state index < -0.39 is 5.97 Å². The van der Waals surface area contributed by atoms with Crippen molar-refractivity contribution < 1.29 is 19.1 Å². The van der Waals surface area contributed by atoms with Crippen molar-refractivity contribution in [1.82, 2.24) is 0 Å². The molecule has 1 aromatic rings. The summed E-state index contributed by atoms with van der Waals surface area (Å²) in [6.07, 6.45) is 2.71. The third-order valence-corrected chi connectivity index (χ3v) is 4.23. The molecule has 4 nitrogen and oxygen atoms in total. The first-order valence-corrected chi connectivity index (χ1v) is 6.26. The number of hydrogen-bond donors (Lipinski definition) is 1. The molecule has 2 atom stereocenters. The first-order valence-electron chi connectivity index (χ1n) is 5.21. The van der Waals surface area contributed by atoms with Gasteiger partial charge in [-0.15, -0.1) is 0 Å². The van der Waals surface area contributed by atoms with Crippen LogP contribution >= 0.6 is 11.8 Å². The van der Waals surface area contributed by atoms with Crippen LogP contribution in [0.2, 0.25) is 0 Å². The predicted molar refractivity (Wildman–Crippen MR) is 60.8 cm³/mol. The Balaban J connectivity index is 1.94. The quantitative estimate of drug-likeness (QED) is 0.878. The summed E-state index contributed by atoms with van der Waals surface area (Å²) in [4.78, 5) is 10.8. The highest BCUT2D eigenvalue weighted by atomic mass is 32.2. The third kappa shape index (κ3) is 2.41. The first kappa shape index (κ1) is 11.5. The van der Waals surface area contributed by atoms with E-state index in [1.165, 1.54) is 6.26 Å². The fourth-order valence-corrected chi connectivity index (χ4v) is 3.00. The molecule has 2 rings (SSSR count). The van der Waals surface area contributed by atoms with E-state index >= 15 is 0 Å². The summed E-state index contributed by atoms with van der Waals surface area (Å²) in [6, 6.07) is 1.72. The monoisotopic (exact) mass is 242 g/mol. The number of thioether (sulfide) groups is 1. The second-order valence-electron chi connectivity index (χ2n) is 3.79. The van der Waals surface area contributed by atoms with Crippen molar-refractivity contribution in [1.29, 1.82) is 0 Å². The number of carboxylic acid groups (broad SMARTS) is 1. The van der Waals surface area contributed by atoms with Crippen LogP contribution in [-0.2, 0) is 10.5 Å². The van der Waals surface area contributed by atoms with Crippen LogP contribution in [0.4, 0.5) is 0 Å². The van der Waals surface area contributed by atoms with Gasteiger partial charge in [-0.25, -0.2) is 4.79 Å². The van der Waals surface area contributed by atoms with Gasteiger partial charge >= 0.3 is 5.97 Å². The van der Waals surface area contributed by atoms with Gasteiger partial charge in [-0.3, -0.25) is 0 Å².